The molecule has 0 radical (unpaired) electrons. The van der Waals surface area contributed by atoms with Crippen LogP contribution in [0.5, 0.6) is 11.5 Å². The maximum Gasteiger partial charge on any atom is 0.584 e. The fourth-order valence-corrected chi connectivity index (χ4v) is 6.62. The Hall–Kier alpha value is -1.77. The van der Waals surface area contributed by atoms with E-state index in [1.54, 1.807) is 0 Å². The summed E-state index contributed by atoms with van der Waals surface area (Å²) < 4.78 is 25.0. The lowest BCUT2D eigenvalue weighted by Gasteiger charge is -2.27. The van der Waals surface area contributed by atoms with Crippen molar-refractivity contribution >= 4 is 7.82 Å². The molecule has 1 N–H and O–H groups in total. The van der Waals surface area contributed by atoms with E-state index in [0.29, 0.717) is 35.2 Å². The molecular formula is C30H43O4P. The molecule has 0 aromatic heterocycles. The van der Waals surface area contributed by atoms with Gasteiger partial charge in [-0.3, -0.25) is 4.89 Å². The molecule has 0 saturated heterocycles. The van der Waals surface area contributed by atoms with E-state index in [1.807, 2.05) is 24.3 Å². The van der Waals surface area contributed by atoms with E-state index >= 15 is 0 Å². The standard InChI is InChI=1S/C30H43O4P/c1-21(2)25-15-17-29(27(19-25)23-11-7-5-8-12-23)33-35(31,32)34-30-18-16-26(22(3)4)20-28(30)24-13-9-6-10-14-24/h15-24H,5-14H2,1-4H3,(H,31,32). The summed E-state index contributed by atoms with van der Waals surface area (Å²) in [6.07, 6.45) is 11.7. The van der Waals surface area contributed by atoms with Gasteiger partial charge in [-0.2, -0.15) is 0 Å². The monoisotopic (exact) mass is 498 g/mol. The summed E-state index contributed by atoms with van der Waals surface area (Å²) in [6, 6.07) is 12.1. The van der Waals surface area contributed by atoms with Crippen molar-refractivity contribution < 1.29 is 18.5 Å². The Morgan fingerprint density at radius 3 is 1.40 bits per heavy atom. The first kappa shape index (κ1) is 26.3. The highest BCUT2D eigenvalue weighted by molar-refractivity contribution is 7.48. The first-order valence-electron chi connectivity index (χ1n) is 13.7. The molecule has 0 spiro atoms. The Balaban J connectivity index is 1.62. The van der Waals surface area contributed by atoms with Crippen LogP contribution in [-0.4, -0.2) is 4.89 Å². The second kappa shape index (κ2) is 11.5. The molecule has 192 valence electrons. The molecule has 0 bridgehead atoms. The second-order valence-corrected chi connectivity index (χ2v) is 12.5. The van der Waals surface area contributed by atoms with E-state index in [9.17, 15) is 9.46 Å². The van der Waals surface area contributed by atoms with Crippen LogP contribution in [0.15, 0.2) is 36.4 Å². The lowest BCUT2D eigenvalue weighted by atomic mass is 9.82. The summed E-state index contributed by atoms with van der Waals surface area (Å²) >= 11 is 0. The number of hydrogen-bond donors (Lipinski definition) is 1. The fraction of sp³-hybridized carbons (Fsp3) is 0.600. The van der Waals surface area contributed by atoms with Crippen molar-refractivity contribution in [2.45, 2.75) is 116 Å². The van der Waals surface area contributed by atoms with Crippen LogP contribution >= 0.6 is 7.82 Å². The summed E-state index contributed by atoms with van der Waals surface area (Å²) in [5.41, 5.74) is 4.57. The molecule has 0 aliphatic heterocycles. The van der Waals surface area contributed by atoms with Crippen LogP contribution in [-0.2, 0) is 4.57 Å². The van der Waals surface area contributed by atoms with E-state index < -0.39 is 7.82 Å². The van der Waals surface area contributed by atoms with Crippen molar-refractivity contribution in [3.8, 4) is 11.5 Å². The number of benzene rings is 2. The van der Waals surface area contributed by atoms with Crippen molar-refractivity contribution in [2.24, 2.45) is 0 Å². The Morgan fingerprint density at radius 2 is 1.06 bits per heavy atom. The van der Waals surface area contributed by atoms with Gasteiger partial charge < -0.3 is 9.05 Å². The lowest BCUT2D eigenvalue weighted by molar-refractivity contribution is 0.285. The topological polar surface area (TPSA) is 55.8 Å². The summed E-state index contributed by atoms with van der Waals surface area (Å²) in [5.74, 6) is 2.48. The molecule has 0 heterocycles. The van der Waals surface area contributed by atoms with E-state index in [4.69, 9.17) is 9.05 Å². The molecule has 0 atom stereocenters. The second-order valence-electron chi connectivity index (χ2n) is 11.2. The average Bonchev–Trinajstić information content (AvgIpc) is 2.85. The first-order valence-corrected chi connectivity index (χ1v) is 15.2. The van der Waals surface area contributed by atoms with Crippen LogP contribution in [0.2, 0.25) is 0 Å². The quantitative estimate of drug-likeness (QED) is 0.368. The van der Waals surface area contributed by atoms with Gasteiger partial charge in [0.05, 0.1) is 0 Å². The van der Waals surface area contributed by atoms with Gasteiger partial charge in [0.2, 0.25) is 0 Å². The van der Waals surface area contributed by atoms with Crippen molar-refractivity contribution in [1.82, 2.24) is 0 Å². The highest BCUT2D eigenvalue weighted by Crippen LogP contribution is 2.50. The third-order valence-electron chi connectivity index (χ3n) is 7.92. The van der Waals surface area contributed by atoms with E-state index in [2.05, 4.69) is 39.8 Å². The summed E-state index contributed by atoms with van der Waals surface area (Å²) in [7, 11) is -4.37. The van der Waals surface area contributed by atoms with Crippen molar-refractivity contribution in [1.29, 1.82) is 0 Å². The van der Waals surface area contributed by atoms with Gasteiger partial charge in [0.15, 0.2) is 0 Å². The summed E-state index contributed by atoms with van der Waals surface area (Å²) in [5, 5.41) is 0. The van der Waals surface area contributed by atoms with E-state index in [-0.39, 0.29) is 0 Å². The normalized spacial score (nSPS) is 18.3. The van der Waals surface area contributed by atoms with Crippen molar-refractivity contribution in [3.05, 3.63) is 58.7 Å². The molecule has 2 saturated carbocycles. The van der Waals surface area contributed by atoms with Gasteiger partial charge in [0, 0.05) is 0 Å². The zero-order chi connectivity index (χ0) is 25.0. The number of phosphoric ester groups is 1. The minimum absolute atomic E-state index is 0.362. The van der Waals surface area contributed by atoms with Gasteiger partial charge in [0.1, 0.15) is 11.5 Å². The van der Waals surface area contributed by atoms with Crippen LogP contribution in [0.4, 0.5) is 0 Å². The van der Waals surface area contributed by atoms with Crippen LogP contribution in [0, 0.1) is 0 Å². The zero-order valence-corrected chi connectivity index (χ0v) is 22.9. The van der Waals surface area contributed by atoms with Gasteiger partial charge >= 0.3 is 7.82 Å². The van der Waals surface area contributed by atoms with Crippen LogP contribution in [0.3, 0.4) is 0 Å². The molecule has 4 rings (SSSR count). The summed E-state index contributed by atoms with van der Waals surface area (Å²) in [6.45, 7) is 8.70. The molecule has 2 aliphatic carbocycles. The van der Waals surface area contributed by atoms with E-state index in [1.165, 1.54) is 49.7 Å². The molecule has 4 nitrogen and oxygen atoms in total. The Labute approximate surface area is 212 Å². The van der Waals surface area contributed by atoms with Gasteiger partial charge in [-0.15, -0.1) is 0 Å². The largest absolute Gasteiger partial charge is 0.584 e. The Kier molecular flexibility index (Phi) is 8.66. The molecule has 0 amide bonds. The summed E-state index contributed by atoms with van der Waals surface area (Å²) in [4.78, 5) is 10.9. The number of rotatable bonds is 8. The van der Waals surface area contributed by atoms with Gasteiger partial charge in [0.25, 0.3) is 0 Å². The van der Waals surface area contributed by atoms with Gasteiger partial charge in [-0.05, 0) is 83.7 Å². The fourth-order valence-electron chi connectivity index (χ4n) is 5.75. The molecule has 5 heteroatoms. The number of phosphoric acid groups is 1. The van der Waals surface area contributed by atoms with Crippen LogP contribution in [0.25, 0.3) is 0 Å². The minimum atomic E-state index is -4.37. The highest BCUT2D eigenvalue weighted by Gasteiger charge is 2.31. The Morgan fingerprint density at radius 1 is 0.686 bits per heavy atom. The van der Waals surface area contributed by atoms with Gasteiger partial charge in [-0.1, -0.05) is 90.5 Å². The molecule has 2 aliphatic rings. The van der Waals surface area contributed by atoms with Crippen molar-refractivity contribution in [2.75, 3.05) is 0 Å². The predicted octanol–water partition coefficient (Wildman–Crippen LogP) is 9.59. The maximum atomic E-state index is 13.4. The number of hydrogen-bond acceptors (Lipinski definition) is 3. The minimum Gasteiger partial charge on any atom is -0.395 e. The Bertz CT molecular complexity index is 953. The van der Waals surface area contributed by atoms with Crippen LogP contribution < -0.4 is 9.05 Å². The molecule has 0 unspecified atom stereocenters. The molecule has 2 fully saturated rings. The van der Waals surface area contributed by atoms with Gasteiger partial charge in [-0.25, -0.2) is 4.57 Å². The lowest BCUT2D eigenvalue weighted by Crippen LogP contribution is -2.11. The van der Waals surface area contributed by atoms with Crippen LogP contribution in [0.1, 0.15) is 138 Å². The molecule has 2 aromatic carbocycles. The van der Waals surface area contributed by atoms with Crippen molar-refractivity contribution in [3.63, 3.8) is 0 Å². The molecular weight excluding hydrogens is 455 g/mol. The SMILES string of the molecule is CC(C)c1ccc(OP(=O)(O)Oc2ccc(C(C)C)cc2C2CCCCC2)c(C2CCCCC2)c1. The molecule has 2 aromatic rings. The zero-order valence-electron chi connectivity index (χ0n) is 22.0. The third kappa shape index (κ3) is 6.71. The first-order chi connectivity index (χ1) is 16.7. The smallest absolute Gasteiger partial charge is 0.395 e. The predicted molar refractivity (Wildman–Crippen MR) is 144 cm³/mol. The molecule has 35 heavy (non-hydrogen) atoms. The maximum absolute atomic E-state index is 13.4. The highest BCUT2D eigenvalue weighted by atomic mass is 31.2. The average molecular weight is 499 g/mol. The third-order valence-corrected chi connectivity index (χ3v) is 8.77. The van der Waals surface area contributed by atoms with E-state index in [0.717, 1.165) is 36.8 Å².